The summed E-state index contributed by atoms with van der Waals surface area (Å²) in [5, 5.41) is 2.62. The van der Waals surface area contributed by atoms with Crippen molar-refractivity contribution in [2.45, 2.75) is 11.0 Å². The van der Waals surface area contributed by atoms with E-state index in [9.17, 15) is 18.0 Å². The topological polar surface area (TPSA) is 108 Å². The molecular weight excluding hydrogens is 386 g/mol. The van der Waals surface area contributed by atoms with Gasteiger partial charge in [-0.05, 0) is 36.4 Å². The fourth-order valence-corrected chi connectivity index (χ4v) is 3.13. The van der Waals surface area contributed by atoms with Crippen LogP contribution in [0.4, 0.5) is 0 Å². The fourth-order valence-electron chi connectivity index (χ4n) is 2.50. The van der Waals surface area contributed by atoms with Gasteiger partial charge in [0.05, 0.1) is 17.0 Å². The Labute approximate surface area is 162 Å². The largest absolute Gasteiger partial charge is 0.486 e. The lowest BCUT2D eigenvalue weighted by molar-refractivity contribution is -0.124. The Morgan fingerprint density at radius 1 is 1.11 bits per heavy atom. The average molecular weight is 405 g/mol. The van der Waals surface area contributed by atoms with E-state index in [4.69, 9.17) is 14.2 Å². The molecule has 1 amide bonds. The Morgan fingerprint density at radius 3 is 2.46 bits per heavy atom. The standard InChI is InChI=1S/C19H19NO7S/c1-28(23,24)15-8-6-13(7-9-15)19(22)26-12-18(21)20-10-14-11-25-16-4-2-3-5-17(16)27-14/h2-9,14H,10-12H2,1H3,(H,20,21)/t14-/m1/s1. The third-order valence-corrected chi connectivity index (χ3v) is 5.08. The van der Waals surface area contributed by atoms with Crippen LogP contribution in [0.3, 0.4) is 0 Å². The highest BCUT2D eigenvalue weighted by atomic mass is 32.2. The second-order valence-corrected chi connectivity index (χ2v) is 8.19. The molecule has 0 saturated carbocycles. The molecule has 148 valence electrons. The molecule has 0 spiro atoms. The molecule has 1 aliphatic rings. The number of esters is 1. The quantitative estimate of drug-likeness (QED) is 0.720. The molecule has 1 N–H and O–H groups in total. The van der Waals surface area contributed by atoms with Crippen LogP contribution in [0.15, 0.2) is 53.4 Å². The lowest BCUT2D eigenvalue weighted by atomic mass is 10.2. The molecule has 3 rings (SSSR count). The number of nitrogens with one attached hydrogen (secondary N) is 1. The predicted octanol–water partition coefficient (Wildman–Crippen LogP) is 1.20. The minimum atomic E-state index is -3.35. The first-order chi connectivity index (χ1) is 13.3. The summed E-state index contributed by atoms with van der Waals surface area (Å²) in [7, 11) is -3.35. The third-order valence-electron chi connectivity index (χ3n) is 3.95. The number of rotatable bonds is 6. The van der Waals surface area contributed by atoms with Gasteiger partial charge in [-0.3, -0.25) is 4.79 Å². The number of carbonyl (C=O) groups is 2. The number of ether oxygens (including phenoxy) is 3. The zero-order valence-corrected chi connectivity index (χ0v) is 15.9. The van der Waals surface area contributed by atoms with Crippen molar-refractivity contribution in [2.75, 3.05) is 26.0 Å². The average Bonchev–Trinajstić information content (AvgIpc) is 2.69. The highest BCUT2D eigenvalue weighted by Crippen LogP contribution is 2.30. The van der Waals surface area contributed by atoms with Gasteiger partial charge in [-0.2, -0.15) is 0 Å². The third kappa shape index (κ3) is 5.01. The van der Waals surface area contributed by atoms with E-state index in [1.807, 2.05) is 12.1 Å². The van der Waals surface area contributed by atoms with Crippen LogP contribution in [0.2, 0.25) is 0 Å². The van der Waals surface area contributed by atoms with Crippen LogP contribution in [0.1, 0.15) is 10.4 Å². The number of sulfone groups is 1. The summed E-state index contributed by atoms with van der Waals surface area (Å²) in [6.07, 6.45) is 0.725. The van der Waals surface area contributed by atoms with E-state index in [0.717, 1.165) is 6.26 Å². The summed E-state index contributed by atoms with van der Waals surface area (Å²) in [5.41, 5.74) is 0.154. The van der Waals surface area contributed by atoms with Crippen LogP contribution in [-0.2, 0) is 19.4 Å². The predicted molar refractivity (Wildman–Crippen MR) is 99.2 cm³/mol. The van der Waals surface area contributed by atoms with Gasteiger partial charge in [0, 0.05) is 6.26 Å². The molecule has 0 fully saturated rings. The maximum absolute atomic E-state index is 12.0. The van der Waals surface area contributed by atoms with Crippen LogP contribution in [0, 0.1) is 0 Å². The van der Waals surface area contributed by atoms with Gasteiger partial charge in [-0.15, -0.1) is 0 Å². The van der Waals surface area contributed by atoms with E-state index < -0.39 is 28.3 Å². The Kier molecular flexibility index (Phi) is 5.84. The molecule has 2 aromatic rings. The molecule has 0 saturated heterocycles. The van der Waals surface area contributed by atoms with Gasteiger partial charge < -0.3 is 19.5 Å². The van der Waals surface area contributed by atoms with E-state index >= 15 is 0 Å². The number of carbonyl (C=O) groups excluding carboxylic acids is 2. The summed E-state index contributed by atoms with van der Waals surface area (Å²) >= 11 is 0. The monoisotopic (exact) mass is 405 g/mol. The first-order valence-electron chi connectivity index (χ1n) is 8.45. The zero-order valence-electron chi connectivity index (χ0n) is 15.1. The van der Waals surface area contributed by atoms with Gasteiger partial charge in [-0.1, -0.05) is 12.1 Å². The van der Waals surface area contributed by atoms with Crippen molar-refractivity contribution >= 4 is 21.7 Å². The van der Waals surface area contributed by atoms with Crippen molar-refractivity contribution in [1.82, 2.24) is 5.32 Å². The van der Waals surface area contributed by atoms with Gasteiger partial charge in [0.2, 0.25) is 0 Å². The molecule has 0 radical (unpaired) electrons. The second kappa shape index (κ2) is 8.30. The zero-order chi connectivity index (χ0) is 20.1. The van der Waals surface area contributed by atoms with Gasteiger partial charge in [0.15, 0.2) is 27.9 Å². The second-order valence-electron chi connectivity index (χ2n) is 6.17. The number of amides is 1. The highest BCUT2D eigenvalue weighted by Gasteiger charge is 2.21. The molecule has 28 heavy (non-hydrogen) atoms. The summed E-state index contributed by atoms with van der Waals surface area (Å²) in [5.74, 6) is 0.0582. The smallest absolute Gasteiger partial charge is 0.338 e. The molecule has 1 heterocycles. The Hall–Kier alpha value is -3.07. The number of hydrogen-bond donors (Lipinski definition) is 1. The number of para-hydroxylation sites is 2. The van der Waals surface area contributed by atoms with Crippen molar-refractivity contribution in [3.8, 4) is 11.5 Å². The fraction of sp³-hybridized carbons (Fsp3) is 0.263. The molecule has 0 unspecified atom stereocenters. The van der Waals surface area contributed by atoms with E-state index in [-0.39, 0.29) is 23.1 Å². The SMILES string of the molecule is CS(=O)(=O)c1ccc(C(=O)OCC(=O)NC[C@@H]2COc3ccccc3O2)cc1. The Balaban J connectivity index is 1.44. The van der Waals surface area contributed by atoms with Gasteiger partial charge in [0.25, 0.3) is 5.91 Å². The van der Waals surface area contributed by atoms with Gasteiger partial charge >= 0.3 is 5.97 Å². The van der Waals surface area contributed by atoms with Crippen LogP contribution in [0.25, 0.3) is 0 Å². The first-order valence-corrected chi connectivity index (χ1v) is 10.3. The Morgan fingerprint density at radius 2 is 1.79 bits per heavy atom. The lowest BCUT2D eigenvalue weighted by Crippen LogP contribution is -2.42. The maximum Gasteiger partial charge on any atom is 0.338 e. The molecule has 1 aliphatic heterocycles. The van der Waals surface area contributed by atoms with Crippen molar-refractivity contribution in [1.29, 1.82) is 0 Å². The molecule has 0 aromatic heterocycles. The van der Waals surface area contributed by atoms with Crippen LogP contribution in [-0.4, -0.2) is 52.4 Å². The van der Waals surface area contributed by atoms with Gasteiger partial charge in [0.1, 0.15) is 12.7 Å². The molecule has 1 atom stereocenters. The molecular formula is C19H19NO7S. The maximum atomic E-state index is 12.0. The van der Waals surface area contributed by atoms with Crippen LogP contribution >= 0.6 is 0 Å². The molecule has 9 heteroatoms. The minimum absolute atomic E-state index is 0.0954. The number of hydrogen-bond acceptors (Lipinski definition) is 7. The first kappa shape index (κ1) is 19.7. The summed E-state index contributed by atoms with van der Waals surface area (Å²) in [6.45, 7) is 0.0361. The van der Waals surface area contributed by atoms with E-state index in [1.165, 1.54) is 24.3 Å². The highest BCUT2D eigenvalue weighted by molar-refractivity contribution is 7.90. The van der Waals surface area contributed by atoms with E-state index in [1.54, 1.807) is 12.1 Å². The molecule has 2 aromatic carbocycles. The van der Waals surface area contributed by atoms with Crippen molar-refractivity contribution < 1.29 is 32.2 Å². The van der Waals surface area contributed by atoms with E-state index in [2.05, 4.69) is 5.32 Å². The van der Waals surface area contributed by atoms with Crippen LogP contribution in [0.5, 0.6) is 11.5 Å². The summed E-state index contributed by atoms with van der Waals surface area (Å²) in [4.78, 5) is 23.9. The van der Waals surface area contributed by atoms with E-state index in [0.29, 0.717) is 18.1 Å². The number of benzene rings is 2. The normalized spacial score (nSPS) is 15.5. The van der Waals surface area contributed by atoms with Gasteiger partial charge in [-0.25, -0.2) is 13.2 Å². The lowest BCUT2D eigenvalue weighted by Gasteiger charge is -2.26. The molecule has 8 nitrogen and oxygen atoms in total. The minimum Gasteiger partial charge on any atom is -0.486 e. The summed E-state index contributed by atoms with van der Waals surface area (Å²) in [6, 6.07) is 12.5. The van der Waals surface area contributed by atoms with Crippen molar-refractivity contribution in [2.24, 2.45) is 0 Å². The molecule has 0 bridgehead atoms. The Bertz CT molecular complexity index is 970. The van der Waals surface area contributed by atoms with Crippen molar-refractivity contribution in [3.63, 3.8) is 0 Å². The molecule has 0 aliphatic carbocycles. The summed E-state index contributed by atoms with van der Waals surface area (Å²) < 4.78 is 39.0. The number of fused-ring (bicyclic) bond motifs is 1. The van der Waals surface area contributed by atoms with Crippen LogP contribution < -0.4 is 14.8 Å². The van der Waals surface area contributed by atoms with Crippen molar-refractivity contribution in [3.05, 3.63) is 54.1 Å².